The van der Waals surface area contributed by atoms with E-state index in [1.165, 1.54) is 17.9 Å². The number of rotatable bonds is 2. The summed E-state index contributed by atoms with van der Waals surface area (Å²) in [6, 6.07) is 3.74. The molecule has 4 nitrogen and oxygen atoms in total. The van der Waals surface area contributed by atoms with E-state index in [0.29, 0.717) is 0 Å². The first-order valence-electron chi connectivity index (χ1n) is 3.65. The van der Waals surface area contributed by atoms with Gasteiger partial charge in [-0.2, -0.15) is 8.94 Å². The number of aliphatic hydroxyl groups is 1. The Labute approximate surface area is 79.3 Å². The Morgan fingerprint density at radius 3 is 2.69 bits per heavy atom. The number of hydrogen-bond acceptors (Lipinski definition) is 4. The van der Waals surface area contributed by atoms with Crippen LogP contribution < -0.4 is 4.57 Å². The average Bonchev–Trinajstić information content (AvgIpc) is 2.71. The normalized spacial score (nSPS) is 10.2. The van der Waals surface area contributed by atoms with E-state index in [9.17, 15) is 0 Å². The van der Waals surface area contributed by atoms with Crippen molar-refractivity contribution in [2.45, 2.75) is 0 Å². The van der Waals surface area contributed by atoms with E-state index in [-0.39, 0.29) is 0 Å². The van der Waals surface area contributed by atoms with E-state index in [4.69, 9.17) is 5.11 Å². The van der Waals surface area contributed by atoms with Gasteiger partial charge in [0.2, 0.25) is 0 Å². The van der Waals surface area contributed by atoms with Gasteiger partial charge in [-0.05, 0) is 11.5 Å². The summed E-state index contributed by atoms with van der Waals surface area (Å²) in [5.41, 5.74) is 1.00. The minimum atomic E-state index is 0.880. The fourth-order valence-electron chi connectivity index (χ4n) is 0.958. The van der Waals surface area contributed by atoms with Gasteiger partial charge in [0.05, 0.1) is 0 Å². The molecular formula is C8H7N3OS+. The SMILES string of the molecule is O[CH][n+]1ccc(-c2ncns2)cc1. The summed E-state index contributed by atoms with van der Waals surface area (Å²) in [5, 5.41) is 9.55. The van der Waals surface area contributed by atoms with E-state index in [0.717, 1.165) is 17.3 Å². The predicted molar refractivity (Wildman–Crippen MR) is 47.2 cm³/mol. The van der Waals surface area contributed by atoms with Crippen LogP contribution in [0.1, 0.15) is 0 Å². The molecule has 5 heteroatoms. The molecule has 1 radical (unpaired) electrons. The summed E-state index contributed by atoms with van der Waals surface area (Å²) < 4.78 is 5.45. The second kappa shape index (κ2) is 3.59. The van der Waals surface area contributed by atoms with E-state index >= 15 is 0 Å². The van der Waals surface area contributed by atoms with Crippen LogP contribution in [0.4, 0.5) is 0 Å². The number of pyridine rings is 1. The summed E-state index contributed by atoms with van der Waals surface area (Å²) in [5.74, 6) is 0. The minimum Gasteiger partial charge on any atom is -0.329 e. The number of nitrogens with zero attached hydrogens (tertiary/aromatic N) is 3. The van der Waals surface area contributed by atoms with Crippen LogP contribution in [0.5, 0.6) is 0 Å². The smallest absolute Gasteiger partial charge is 0.329 e. The second-order valence-corrected chi connectivity index (χ2v) is 3.18. The van der Waals surface area contributed by atoms with Gasteiger partial charge in [0, 0.05) is 17.7 Å². The van der Waals surface area contributed by atoms with E-state index in [1.54, 1.807) is 17.0 Å². The Hall–Kier alpha value is -1.33. The first-order chi connectivity index (χ1) is 6.40. The van der Waals surface area contributed by atoms with Crippen molar-refractivity contribution < 1.29 is 9.67 Å². The highest BCUT2D eigenvalue weighted by Crippen LogP contribution is 2.17. The van der Waals surface area contributed by atoms with Gasteiger partial charge >= 0.3 is 6.73 Å². The quantitative estimate of drug-likeness (QED) is 0.719. The van der Waals surface area contributed by atoms with Gasteiger partial charge in [0.15, 0.2) is 12.4 Å². The molecular weight excluding hydrogens is 186 g/mol. The van der Waals surface area contributed by atoms with Crippen molar-refractivity contribution >= 4 is 11.5 Å². The Morgan fingerprint density at radius 1 is 1.38 bits per heavy atom. The largest absolute Gasteiger partial charge is 0.351 e. The molecule has 0 aromatic carbocycles. The van der Waals surface area contributed by atoms with E-state index in [2.05, 4.69) is 9.36 Å². The lowest BCUT2D eigenvalue weighted by Crippen LogP contribution is -2.29. The third-order valence-corrected chi connectivity index (χ3v) is 2.31. The topological polar surface area (TPSA) is 49.9 Å². The fraction of sp³-hybridized carbons (Fsp3) is 0. The molecule has 0 saturated heterocycles. The molecule has 0 unspecified atom stereocenters. The van der Waals surface area contributed by atoms with Crippen LogP contribution in [0, 0.1) is 6.73 Å². The molecule has 2 rings (SSSR count). The Kier molecular flexibility index (Phi) is 2.29. The second-order valence-electron chi connectivity index (χ2n) is 2.40. The molecule has 2 heterocycles. The highest BCUT2D eigenvalue weighted by molar-refractivity contribution is 7.09. The minimum absolute atomic E-state index is 0.880. The van der Waals surface area contributed by atoms with Crippen molar-refractivity contribution in [3.05, 3.63) is 37.6 Å². The van der Waals surface area contributed by atoms with Crippen LogP contribution in [0.3, 0.4) is 0 Å². The molecule has 0 fully saturated rings. The maximum Gasteiger partial charge on any atom is 0.351 e. The average molecular weight is 193 g/mol. The summed E-state index contributed by atoms with van der Waals surface area (Å²) in [4.78, 5) is 4.07. The maximum absolute atomic E-state index is 8.67. The van der Waals surface area contributed by atoms with Crippen molar-refractivity contribution in [1.82, 2.24) is 9.36 Å². The molecule has 2 aromatic rings. The molecule has 0 bridgehead atoms. The zero-order valence-electron chi connectivity index (χ0n) is 6.66. The van der Waals surface area contributed by atoms with Gasteiger partial charge in [0.25, 0.3) is 0 Å². The van der Waals surface area contributed by atoms with Gasteiger partial charge < -0.3 is 5.11 Å². The fourth-order valence-corrected chi connectivity index (χ4v) is 1.49. The van der Waals surface area contributed by atoms with Crippen LogP contribution in [0.15, 0.2) is 30.9 Å². The summed E-state index contributed by atoms with van der Waals surface area (Å²) >= 11 is 1.35. The Balaban J connectivity index is 2.33. The first-order valence-corrected chi connectivity index (χ1v) is 4.43. The molecule has 13 heavy (non-hydrogen) atoms. The summed E-state index contributed by atoms with van der Waals surface area (Å²) in [7, 11) is 0. The van der Waals surface area contributed by atoms with Crippen LogP contribution in [-0.4, -0.2) is 14.5 Å². The number of hydrogen-bond donors (Lipinski definition) is 1. The molecule has 0 atom stereocenters. The number of aromatic nitrogens is 3. The van der Waals surface area contributed by atoms with Gasteiger partial charge in [-0.3, -0.25) is 0 Å². The summed E-state index contributed by atoms with van der Waals surface area (Å²) in [6.07, 6.45) is 5.02. The third kappa shape index (κ3) is 1.71. The van der Waals surface area contributed by atoms with E-state index < -0.39 is 0 Å². The Morgan fingerprint density at radius 2 is 2.15 bits per heavy atom. The summed E-state index contributed by atoms with van der Waals surface area (Å²) in [6.45, 7) is 0.990. The van der Waals surface area contributed by atoms with Crippen molar-refractivity contribution in [2.24, 2.45) is 0 Å². The molecule has 0 aliphatic heterocycles. The molecule has 0 aliphatic rings. The van der Waals surface area contributed by atoms with Crippen molar-refractivity contribution in [3.63, 3.8) is 0 Å². The lowest BCUT2D eigenvalue weighted by atomic mass is 10.3. The van der Waals surface area contributed by atoms with Gasteiger partial charge in [-0.1, -0.05) is 0 Å². The van der Waals surface area contributed by atoms with Crippen molar-refractivity contribution in [2.75, 3.05) is 0 Å². The monoisotopic (exact) mass is 193 g/mol. The van der Waals surface area contributed by atoms with Gasteiger partial charge in [-0.25, -0.2) is 4.98 Å². The van der Waals surface area contributed by atoms with Gasteiger partial charge in [-0.15, -0.1) is 0 Å². The zero-order valence-corrected chi connectivity index (χ0v) is 7.48. The predicted octanol–water partition coefficient (Wildman–Crippen LogP) is 0.832. The van der Waals surface area contributed by atoms with Crippen LogP contribution >= 0.6 is 11.5 Å². The van der Waals surface area contributed by atoms with Crippen LogP contribution in [-0.2, 0) is 0 Å². The highest BCUT2D eigenvalue weighted by Gasteiger charge is 2.03. The molecule has 2 aromatic heterocycles. The standard InChI is InChI=1S/C8H7N3OS/c12-6-11-3-1-7(2-4-11)8-9-5-10-13-8/h1-6,12H/q+1. The molecule has 0 spiro atoms. The Bertz CT molecular complexity index is 371. The molecule has 65 valence electrons. The lowest BCUT2D eigenvalue weighted by molar-refractivity contribution is -0.658. The first kappa shape index (κ1) is 8.28. The highest BCUT2D eigenvalue weighted by atomic mass is 32.1. The van der Waals surface area contributed by atoms with E-state index in [1.807, 2.05) is 12.1 Å². The number of aliphatic hydroxyl groups excluding tert-OH is 1. The van der Waals surface area contributed by atoms with Crippen molar-refractivity contribution in [1.29, 1.82) is 0 Å². The molecule has 1 N–H and O–H groups in total. The zero-order chi connectivity index (χ0) is 9.10. The molecule has 0 amide bonds. The molecule has 0 aliphatic carbocycles. The van der Waals surface area contributed by atoms with Crippen LogP contribution in [0.25, 0.3) is 10.6 Å². The van der Waals surface area contributed by atoms with Crippen molar-refractivity contribution in [3.8, 4) is 10.6 Å². The van der Waals surface area contributed by atoms with Crippen LogP contribution in [0.2, 0.25) is 0 Å². The third-order valence-electron chi connectivity index (χ3n) is 1.59. The van der Waals surface area contributed by atoms with Gasteiger partial charge in [0.1, 0.15) is 11.3 Å². The molecule has 0 saturated carbocycles. The lowest BCUT2D eigenvalue weighted by Gasteiger charge is -1.92. The maximum atomic E-state index is 8.67.